The number of Topliss-reactive ketones (excluding diaryl/α,β-unsaturated/α-hetero) is 1. The Morgan fingerprint density at radius 1 is 0.562 bits per heavy atom. The molecule has 80 heavy (non-hydrogen) atoms. The van der Waals surface area contributed by atoms with E-state index in [4.69, 9.17) is 42.0 Å². The molecule has 5 heterocycles. The molecule has 2 aromatic rings. The Hall–Kier alpha value is -3.43. The van der Waals surface area contributed by atoms with E-state index in [0.717, 1.165) is 114 Å². The summed E-state index contributed by atoms with van der Waals surface area (Å²) >= 11 is 0. The molecular weight excluding hydrogens is 1030 g/mol. The summed E-state index contributed by atoms with van der Waals surface area (Å²) in [6.07, 6.45) is 13.7. The van der Waals surface area contributed by atoms with Gasteiger partial charge in [-0.1, -0.05) is 51.0 Å². The molecule has 17 heteroatoms. The summed E-state index contributed by atoms with van der Waals surface area (Å²) in [6, 6.07) is 6.75. The van der Waals surface area contributed by atoms with Crippen LogP contribution in [0.5, 0.6) is 0 Å². The molecule has 13 rings (SSSR count). The van der Waals surface area contributed by atoms with Gasteiger partial charge < -0.3 is 67.5 Å². The van der Waals surface area contributed by atoms with Gasteiger partial charge >= 0.3 is 11.3 Å². The van der Waals surface area contributed by atoms with Crippen LogP contribution in [0.3, 0.4) is 0 Å². The van der Waals surface area contributed by atoms with E-state index in [-0.39, 0.29) is 74.6 Å². The summed E-state index contributed by atoms with van der Waals surface area (Å²) in [6.45, 7) is 14.0. The first-order chi connectivity index (χ1) is 38.0. The van der Waals surface area contributed by atoms with Crippen molar-refractivity contribution in [2.24, 2.45) is 45.3 Å². The topological polar surface area (TPSA) is 243 Å². The van der Waals surface area contributed by atoms with Gasteiger partial charge in [0.05, 0.1) is 42.0 Å². The maximum Gasteiger partial charge on any atom is 0.335 e. The standard InChI is InChI=1S/C33H44O9.C30H42O8/c1-5-37-30-41-27-26(35)18(2)39-29(28(27)42-30)40-21-10-13-31(3)20(16-21)7-8-24-23(31)11-14-32(4)22(12-15-33(24,32)36)19-6-9-25(34)38-17-19;1-16-24(32)25(33)26(34)27(37-16)38-19-8-11-28(2)18(14-19)5-6-22-21(28)9-12-29(3)20(10-13-30(22,29)35)17-4-7-23(31)36-15-17/h6,9,16-18,21-24,27-30,36H,5,7-8,10-15H2,1-4H3;4,7,14-16,19-22,24-27,32-35H,5-6,8-13H2,1-3H3/t18-,21-,22+,23?,24?,27+,28+,29-,30?,31-,32+,33-;16-,19-,20+,21?,22?,24-,25+,26+,27-,28-,29+,30-/m00/s1. The Balaban J connectivity index is 0.000000160. The van der Waals surface area contributed by atoms with Crippen LogP contribution in [0.25, 0.3) is 0 Å². The summed E-state index contributed by atoms with van der Waals surface area (Å²) in [5.41, 5.74) is 2.10. The van der Waals surface area contributed by atoms with E-state index < -0.39 is 73.0 Å². The lowest BCUT2D eigenvalue weighted by Gasteiger charge is -2.62. The smallest absolute Gasteiger partial charge is 0.335 e. The molecule has 9 fully saturated rings. The molecule has 0 radical (unpaired) electrons. The summed E-state index contributed by atoms with van der Waals surface area (Å²) in [7, 11) is 0. The first kappa shape index (κ1) is 57.0. The van der Waals surface area contributed by atoms with Crippen LogP contribution in [0.4, 0.5) is 0 Å². The fourth-order valence-electron chi connectivity index (χ4n) is 19.0. The Kier molecular flexibility index (Phi) is 14.9. The number of aliphatic hydroxyl groups is 5. The van der Waals surface area contributed by atoms with Crippen molar-refractivity contribution in [2.75, 3.05) is 6.61 Å². The van der Waals surface area contributed by atoms with Gasteiger partial charge in [-0.05, 0) is 193 Å². The lowest BCUT2D eigenvalue weighted by molar-refractivity contribution is -0.301. The first-order valence-corrected chi connectivity index (χ1v) is 30.2. The van der Waals surface area contributed by atoms with E-state index in [1.807, 2.05) is 19.1 Å². The molecule has 8 aliphatic carbocycles. The van der Waals surface area contributed by atoms with Gasteiger partial charge in [0, 0.05) is 29.6 Å². The molecule has 0 bridgehead atoms. The highest BCUT2D eigenvalue weighted by molar-refractivity contribution is 5.88. The van der Waals surface area contributed by atoms with Gasteiger partial charge in [-0.25, -0.2) is 9.59 Å². The van der Waals surface area contributed by atoms with Crippen LogP contribution in [-0.2, 0) is 38.0 Å². The molecule has 3 saturated heterocycles. The van der Waals surface area contributed by atoms with Crippen molar-refractivity contribution in [3.63, 3.8) is 0 Å². The van der Waals surface area contributed by atoms with Crippen LogP contribution in [0, 0.1) is 45.3 Å². The number of hydrogen-bond acceptors (Lipinski definition) is 17. The van der Waals surface area contributed by atoms with Crippen molar-refractivity contribution in [3.8, 4) is 0 Å². The molecule has 6 saturated carbocycles. The largest absolute Gasteiger partial charge is 0.431 e. The van der Waals surface area contributed by atoms with Crippen LogP contribution in [0.15, 0.2) is 78.5 Å². The number of rotatable bonds is 8. The number of hydrogen-bond donors (Lipinski definition) is 5. The zero-order chi connectivity index (χ0) is 56.5. The fraction of sp³-hybridized carbons (Fsp3) is 0.762. The van der Waals surface area contributed by atoms with E-state index >= 15 is 0 Å². The Labute approximate surface area is 468 Å². The Morgan fingerprint density at radius 2 is 1.07 bits per heavy atom. The van der Waals surface area contributed by atoms with E-state index in [0.29, 0.717) is 18.4 Å². The van der Waals surface area contributed by atoms with Gasteiger partial charge in [-0.15, -0.1) is 0 Å². The molecule has 2 aromatic heterocycles. The second-order valence-electron chi connectivity index (χ2n) is 27.0. The number of ether oxygens (including phenoxy) is 7. The Morgan fingerprint density at radius 3 is 1.56 bits per heavy atom. The normalized spacial score (nSPS) is 49.3. The average Bonchev–Trinajstić information content (AvgIpc) is 2.12. The molecule has 0 amide bonds. The zero-order valence-electron chi connectivity index (χ0n) is 47.7. The van der Waals surface area contributed by atoms with E-state index in [1.54, 1.807) is 26.4 Å². The van der Waals surface area contributed by atoms with Gasteiger partial charge in [0.25, 0.3) is 6.48 Å². The third-order valence-electron chi connectivity index (χ3n) is 23.6. The van der Waals surface area contributed by atoms with E-state index in [2.05, 4.69) is 39.8 Å². The second-order valence-corrected chi connectivity index (χ2v) is 27.0. The minimum absolute atomic E-state index is 0.00368. The van der Waals surface area contributed by atoms with E-state index in [1.165, 1.54) is 23.3 Å². The predicted molar refractivity (Wildman–Crippen MR) is 288 cm³/mol. The maximum atomic E-state index is 12.7. The van der Waals surface area contributed by atoms with Crippen LogP contribution in [0.1, 0.15) is 174 Å². The van der Waals surface area contributed by atoms with Gasteiger partial charge in [0.2, 0.25) is 0 Å². The van der Waals surface area contributed by atoms with Crippen molar-refractivity contribution in [3.05, 3.63) is 92.1 Å². The molecule has 11 aliphatic rings. The number of fused-ring (bicyclic) bond motifs is 11. The molecule has 0 spiro atoms. The molecule has 24 atom stereocenters. The lowest BCUT2D eigenvalue weighted by atomic mass is 9.45. The summed E-state index contributed by atoms with van der Waals surface area (Å²) in [5.74, 6) is 1.42. The number of carbonyl (C=O) groups is 1. The number of aliphatic hydroxyl groups excluding tert-OH is 3. The van der Waals surface area contributed by atoms with Crippen molar-refractivity contribution < 1.29 is 72.3 Å². The number of carbonyl (C=O) groups excluding carboxylic acids is 1. The third-order valence-corrected chi connectivity index (χ3v) is 23.6. The first-order valence-electron chi connectivity index (χ1n) is 30.2. The third kappa shape index (κ3) is 9.02. The molecule has 17 nitrogen and oxygen atoms in total. The lowest BCUT2D eigenvalue weighted by Crippen LogP contribution is -2.60. The minimum Gasteiger partial charge on any atom is -0.431 e. The minimum atomic E-state index is -1.31. The molecular formula is C63H86O17. The predicted octanol–water partition coefficient (Wildman–Crippen LogP) is 7.62. The molecule has 5 N–H and O–H groups in total. The maximum absolute atomic E-state index is 12.7. The number of allylic oxidation sites excluding steroid dienone is 2. The molecule has 440 valence electrons. The quantitative estimate of drug-likeness (QED) is 0.160. The second kappa shape index (κ2) is 21.0. The summed E-state index contributed by atoms with van der Waals surface area (Å²) in [4.78, 5) is 35.9. The highest BCUT2D eigenvalue weighted by Gasteiger charge is 2.69. The Bertz CT molecular complexity index is 2790. The van der Waals surface area contributed by atoms with Crippen molar-refractivity contribution in [2.45, 2.75) is 248 Å². The highest BCUT2D eigenvalue weighted by Crippen LogP contribution is 2.72. The molecule has 0 aromatic carbocycles. The van der Waals surface area contributed by atoms with Gasteiger partial charge in [-0.3, -0.25) is 4.79 Å². The highest BCUT2D eigenvalue weighted by atomic mass is 16.9. The zero-order valence-corrected chi connectivity index (χ0v) is 47.7. The monoisotopic (exact) mass is 1110 g/mol. The summed E-state index contributed by atoms with van der Waals surface area (Å²) in [5, 5.41) is 55.5. The molecule has 5 unspecified atom stereocenters. The number of ketones is 1. The average molecular weight is 1120 g/mol. The van der Waals surface area contributed by atoms with Gasteiger partial charge in [-0.2, -0.15) is 0 Å². The summed E-state index contributed by atoms with van der Waals surface area (Å²) < 4.78 is 51.9. The fourth-order valence-corrected chi connectivity index (χ4v) is 19.0. The van der Waals surface area contributed by atoms with E-state index in [9.17, 15) is 39.9 Å². The van der Waals surface area contributed by atoms with Gasteiger partial charge in [0.15, 0.2) is 24.5 Å². The van der Waals surface area contributed by atoms with Crippen LogP contribution in [-0.4, -0.2) is 123 Å². The molecule has 3 aliphatic heterocycles. The van der Waals surface area contributed by atoms with Crippen molar-refractivity contribution in [1.29, 1.82) is 0 Å². The van der Waals surface area contributed by atoms with Crippen molar-refractivity contribution >= 4 is 5.78 Å². The van der Waals surface area contributed by atoms with Crippen LogP contribution in [0.2, 0.25) is 0 Å². The SMILES string of the molecule is CCOC1O[C@H]2[C@H](O[C@@H]3C=C4CCC5C(CC[C@]6(C)[C@@H](c7ccc(=O)oc7)CC[C@]56O)[C@@]4(C)CC3)O[C@@H](C)C(=O)[C@H]2O1.C[C@@H]1O[C@@H](O[C@@H]2C=C3CCC4C(CC[C@]5(C)[C@@H](c6ccc(=O)oc6)CC[C@]45O)[C@@]3(C)CC2)[C@H](O)[C@H](O)[C@H]1O. The van der Waals surface area contributed by atoms with Gasteiger partial charge in [0.1, 0.15) is 30.5 Å². The van der Waals surface area contributed by atoms with Crippen LogP contribution >= 0.6 is 0 Å². The van der Waals surface area contributed by atoms with Crippen LogP contribution < -0.4 is 11.3 Å². The van der Waals surface area contributed by atoms with Crippen molar-refractivity contribution in [1.82, 2.24) is 0 Å².